The van der Waals surface area contributed by atoms with Crippen molar-refractivity contribution in [3.63, 3.8) is 0 Å². The molecule has 0 aromatic rings. The number of hydrogen-bond donors (Lipinski definition) is 2. The number of carbonyl (C=O) groups is 2. The second-order valence-electron chi connectivity index (χ2n) is 4.40. The smallest absolute Gasteiger partial charge is 0.407 e. The number of carboxylic acids is 1. The van der Waals surface area contributed by atoms with E-state index in [4.69, 9.17) is 4.74 Å². The summed E-state index contributed by atoms with van der Waals surface area (Å²) < 4.78 is 10.0. The number of alkyl carbamates (subject to hydrolysis) is 1. The van der Waals surface area contributed by atoms with Crippen LogP contribution in [0.2, 0.25) is 0 Å². The van der Waals surface area contributed by atoms with E-state index in [1.165, 1.54) is 7.11 Å². The summed E-state index contributed by atoms with van der Waals surface area (Å²) in [7, 11) is 1.20. The summed E-state index contributed by atoms with van der Waals surface area (Å²) in [6.45, 7) is 5.52. The third-order valence-electron chi connectivity index (χ3n) is 3.04. The number of carboxylic acid groups (broad SMARTS) is 1. The maximum atomic E-state index is 11.2. The van der Waals surface area contributed by atoms with Gasteiger partial charge in [0.05, 0.1) is 19.3 Å². The zero-order valence-electron chi connectivity index (χ0n) is 10.6. The Kier molecular flexibility index (Phi) is 5.15. The molecule has 1 saturated heterocycles. The molecule has 1 rings (SSSR count). The largest absolute Gasteiger partial charge is 0.480 e. The molecule has 1 heterocycles. The molecule has 2 N–H and O–H groups in total. The van der Waals surface area contributed by atoms with E-state index in [0.717, 1.165) is 0 Å². The van der Waals surface area contributed by atoms with E-state index >= 15 is 0 Å². The van der Waals surface area contributed by atoms with Crippen molar-refractivity contribution in [3.8, 4) is 0 Å². The van der Waals surface area contributed by atoms with Crippen LogP contribution in [0.3, 0.4) is 0 Å². The molecule has 0 radical (unpaired) electrons. The molecule has 0 aromatic carbocycles. The summed E-state index contributed by atoms with van der Waals surface area (Å²) in [5.74, 6) is -1.27. The molecule has 0 spiro atoms. The van der Waals surface area contributed by atoms with Crippen molar-refractivity contribution in [1.29, 1.82) is 0 Å². The first-order valence-corrected chi connectivity index (χ1v) is 5.83. The lowest BCUT2D eigenvalue weighted by Crippen LogP contribution is -2.49. The van der Waals surface area contributed by atoms with Gasteiger partial charge in [-0.2, -0.15) is 0 Å². The van der Waals surface area contributed by atoms with Gasteiger partial charge in [-0.15, -0.1) is 6.58 Å². The lowest BCUT2D eigenvalue weighted by molar-refractivity contribution is -0.143. The van der Waals surface area contributed by atoms with E-state index in [2.05, 4.69) is 16.6 Å². The van der Waals surface area contributed by atoms with Crippen LogP contribution < -0.4 is 5.32 Å². The number of carbonyl (C=O) groups excluding carboxylic acids is 1. The molecule has 1 aliphatic rings. The van der Waals surface area contributed by atoms with Crippen molar-refractivity contribution in [2.24, 2.45) is 5.92 Å². The molecule has 18 heavy (non-hydrogen) atoms. The Bertz CT molecular complexity index is 330. The highest BCUT2D eigenvalue weighted by Gasteiger charge is 2.36. The van der Waals surface area contributed by atoms with Gasteiger partial charge in [0, 0.05) is 0 Å². The molecule has 0 aromatic heterocycles. The molecule has 1 amide bonds. The van der Waals surface area contributed by atoms with Gasteiger partial charge in [0.25, 0.3) is 0 Å². The number of aliphatic carboxylic acids is 1. The molecule has 0 bridgehead atoms. The lowest BCUT2D eigenvalue weighted by Gasteiger charge is -2.35. The van der Waals surface area contributed by atoms with Crippen molar-refractivity contribution in [2.75, 3.05) is 7.11 Å². The van der Waals surface area contributed by atoms with E-state index in [1.807, 2.05) is 6.92 Å². The molecule has 4 atom stereocenters. The minimum absolute atomic E-state index is 0.0620. The first kappa shape index (κ1) is 14.5. The van der Waals surface area contributed by atoms with E-state index in [0.29, 0.717) is 12.8 Å². The predicted molar refractivity (Wildman–Crippen MR) is 64.2 cm³/mol. The van der Waals surface area contributed by atoms with Crippen LogP contribution in [-0.2, 0) is 14.3 Å². The van der Waals surface area contributed by atoms with Crippen molar-refractivity contribution in [3.05, 3.63) is 12.7 Å². The molecule has 1 fully saturated rings. The van der Waals surface area contributed by atoms with Crippen molar-refractivity contribution < 1.29 is 24.2 Å². The molecule has 6 nitrogen and oxygen atoms in total. The van der Waals surface area contributed by atoms with Gasteiger partial charge < -0.3 is 19.9 Å². The Balaban J connectivity index is 2.75. The number of amides is 1. The summed E-state index contributed by atoms with van der Waals surface area (Å²) >= 11 is 0. The van der Waals surface area contributed by atoms with Gasteiger partial charge in [-0.05, 0) is 25.7 Å². The van der Waals surface area contributed by atoms with Gasteiger partial charge in [-0.3, -0.25) is 0 Å². The van der Waals surface area contributed by atoms with E-state index in [1.54, 1.807) is 6.08 Å². The zero-order chi connectivity index (χ0) is 13.7. The van der Waals surface area contributed by atoms with Crippen LogP contribution in [-0.4, -0.2) is 42.5 Å². The molecule has 102 valence electrons. The maximum Gasteiger partial charge on any atom is 0.407 e. The van der Waals surface area contributed by atoms with E-state index in [-0.39, 0.29) is 18.1 Å². The number of methoxy groups -OCH3 is 1. The third-order valence-corrected chi connectivity index (χ3v) is 3.04. The minimum atomic E-state index is -1.07. The molecular formula is C12H19NO5. The third kappa shape index (κ3) is 3.73. The van der Waals surface area contributed by atoms with Crippen molar-refractivity contribution in [1.82, 2.24) is 5.32 Å². The molecule has 4 unspecified atom stereocenters. The summed E-state index contributed by atoms with van der Waals surface area (Å²) in [5, 5.41) is 11.5. The molecule has 0 aliphatic carbocycles. The van der Waals surface area contributed by atoms with Gasteiger partial charge in [0.15, 0.2) is 0 Å². The Hall–Kier alpha value is -1.56. The fourth-order valence-electron chi connectivity index (χ4n) is 2.22. The highest BCUT2D eigenvalue weighted by Crippen LogP contribution is 2.28. The van der Waals surface area contributed by atoms with E-state index < -0.39 is 18.1 Å². The molecule has 6 heteroatoms. The lowest BCUT2D eigenvalue weighted by atomic mass is 9.86. The predicted octanol–water partition coefficient (Wildman–Crippen LogP) is 1.17. The summed E-state index contributed by atoms with van der Waals surface area (Å²) in [4.78, 5) is 22.4. The average Bonchev–Trinajstić information content (AvgIpc) is 2.34. The average molecular weight is 257 g/mol. The minimum Gasteiger partial charge on any atom is -0.480 e. The van der Waals surface area contributed by atoms with Gasteiger partial charge >= 0.3 is 12.1 Å². The van der Waals surface area contributed by atoms with Gasteiger partial charge in [-0.1, -0.05) is 6.08 Å². The number of hydrogen-bond acceptors (Lipinski definition) is 4. The van der Waals surface area contributed by atoms with Crippen LogP contribution in [0, 0.1) is 5.92 Å². The zero-order valence-corrected chi connectivity index (χ0v) is 10.6. The number of nitrogens with one attached hydrogen (secondary N) is 1. The van der Waals surface area contributed by atoms with E-state index in [9.17, 15) is 14.7 Å². The van der Waals surface area contributed by atoms with Crippen LogP contribution in [0.4, 0.5) is 4.79 Å². The van der Waals surface area contributed by atoms with Crippen molar-refractivity contribution >= 4 is 12.1 Å². The SMILES string of the molecule is C=CC1CC(C(NC(=O)OC)C(=O)O)CC(C)O1. The first-order chi connectivity index (χ1) is 8.47. The normalized spacial score (nSPS) is 29.1. The van der Waals surface area contributed by atoms with Gasteiger partial charge in [-0.25, -0.2) is 9.59 Å². The number of ether oxygens (including phenoxy) is 2. The Morgan fingerprint density at radius 2 is 2.22 bits per heavy atom. The number of rotatable bonds is 4. The second kappa shape index (κ2) is 6.39. The first-order valence-electron chi connectivity index (χ1n) is 5.83. The van der Waals surface area contributed by atoms with Gasteiger partial charge in [0.1, 0.15) is 6.04 Å². The highest BCUT2D eigenvalue weighted by atomic mass is 16.5. The van der Waals surface area contributed by atoms with Crippen LogP contribution >= 0.6 is 0 Å². The summed E-state index contributed by atoms with van der Waals surface area (Å²) in [6.07, 6.45) is 1.77. The summed E-state index contributed by atoms with van der Waals surface area (Å²) in [6, 6.07) is -0.966. The van der Waals surface area contributed by atoms with Crippen LogP contribution in [0.1, 0.15) is 19.8 Å². The van der Waals surface area contributed by atoms with Crippen LogP contribution in [0.15, 0.2) is 12.7 Å². The monoisotopic (exact) mass is 257 g/mol. The molecule has 1 aliphatic heterocycles. The summed E-state index contributed by atoms with van der Waals surface area (Å²) in [5.41, 5.74) is 0. The fourth-order valence-corrected chi connectivity index (χ4v) is 2.22. The fraction of sp³-hybridized carbons (Fsp3) is 0.667. The van der Waals surface area contributed by atoms with Crippen LogP contribution in [0.5, 0.6) is 0 Å². The van der Waals surface area contributed by atoms with Crippen LogP contribution in [0.25, 0.3) is 0 Å². The standard InChI is InChI=1S/C12H19NO5/c1-4-9-6-8(5-7(2)18-9)10(11(14)15)13-12(16)17-3/h4,7-10H,1,5-6H2,2-3H3,(H,13,16)(H,14,15). The second-order valence-corrected chi connectivity index (χ2v) is 4.40. The Morgan fingerprint density at radius 3 is 2.72 bits per heavy atom. The Morgan fingerprint density at radius 1 is 1.56 bits per heavy atom. The Labute approximate surface area is 106 Å². The van der Waals surface area contributed by atoms with Gasteiger partial charge in [0.2, 0.25) is 0 Å². The molecule has 0 saturated carbocycles. The highest BCUT2D eigenvalue weighted by molar-refractivity contribution is 5.80. The quantitative estimate of drug-likeness (QED) is 0.738. The maximum absolute atomic E-state index is 11.2. The molecular weight excluding hydrogens is 238 g/mol. The topological polar surface area (TPSA) is 84.9 Å². The van der Waals surface area contributed by atoms with Crippen molar-refractivity contribution in [2.45, 2.75) is 38.0 Å².